The number of nitrogens with one attached hydrogen (secondary N) is 1. The first-order valence-electron chi connectivity index (χ1n) is 6.71. The molecule has 5 heteroatoms. The third-order valence-corrected chi connectivity index (χ3v) is 3.95. The van der Waals surface area contributed by atoms with Crippen LogP contribution < -0.4 is 5.32 Å². The topological polar surface area (TPSA) is 32.3 Å². The first-order valence-corrected chi connectivity index (χ1v) is 6.71. The fourth-order valence-corrected chi connectivity index (χ4v) is 2.87. The van der Waals surface area contributed by atoms with Gasteiger partial charge in [-0.05, 0) is 26.7 Å². The Bertz CT molecular complexity index is 321. The molecule has 0 unspecified atom stereocenters. The molecule has 3 nitrogen and oxygen atoms in total. The minimum absolute atomic E-state index is 0.0695. The molecule has 0 aromatic heterocycles. The molecule has 2 rings (SSSR count). The van der Waals surface area contributed by atoms with Gasteiger partial charge in [0, 0.05) is 43.9 Å². The number of hydrogen-bond donors (Lipinski definition) is 1. The first-order chi connectivity index (χ1) is 8.29. The van der Waals surface area contributed by atoms with Crippen LogP contribution in [0.4, 0.5) is 8.78 Å². The molecule has 0 aromatic rings. The molecule has 2 aliphatic rings. The van der Waals surface area contributed by atoms with Crippen molar-refractivity contribution in [3.8, 4) is 0 Å². The molecule has 1 saturated heterocycles. The summed E-state index contributed by atoms with van der Waals surface area (Å²) >= 11 is 0. The molecule has 104 valence electrons. The van der Waals surface area contributed by atoms with Crippen molar-refractivity contribution in [2.45, 2.75) is 51.0 Å². The minimum atomic E-state index is -2.56. The third kappa shape index (κ3) is 3.19. The van der Waals surface area contributed by atoms with Gasteiger partial charge in [0.25, 0.3) is 0 Å². The lowest BCUT2D eigenvalue weighted by Gasteiger charge is -2.41. The van der Waals surface area contributed by atoms with E-state index in [-0.39, 0.29) is 30.2 Å². The number of amides is 1. The van der Waals surface area contributed by atoms with E-state index in [1.807, 2.05) is 4.90 Å². The smallest absolute Gasteiger partial charge is 0.248 e. The Morgan fingerprint density at radius 3 is 2.44 bits per heavy atom. The Kier molecular flexibility index (Phi) is 3.63. The van der Waals surface area contributed by atoms with Crippen LogP contribution in [-0.4, -0.2) is 41.9 Å². The van der Waals surface area contributed by atoms with Crippen LogP contribution in [0.3, 0.4) is 0 Å². The molecular formula is C13H22F2N2O. The zero-order valence-corrected chi connectivity index (χ0v) is 11.1. The number of hydrogen-bond acceptors (Lipinski definition) is 2. The monoisotopic (exact) mass is 260 g/mol. The summed E-state index contributed by atoms with van der Waals surface area (Å²) in [5, 5.41) is 3.35. The van der Waals surface area contributed by atoms with Crippen LogP contribution in [-0.2, 0) is 4.79 Å². The molecule has 1 heterocycles. The summed E-state index contributed by atoms with van der Waals surface area (Å²) < 4.78 is 26.1. The lowest BCUT2D eigenvalue weighted by Crippen LogP contribution is -2.59. The second-order valence-corrected chi connectivity index (χ2v) is 6.20. The number of nitrogens with zero attached hydrogens (tertiary/aromatic N) is 1. The van der Waals surface area contributed by atoms with Crippen LogP contribution in [0.15, 0.2) is 0 Å². The van der Waals surface area contributed by atoms with Crippen molar-refractivity contribution >= 4 is 5.91 Å². The van der Waals surface area contributed by atoms with Crippen LogP contribution in [0, 0.1) is 5.92 Å². The maximum atomic E-state index is 13.1. The maximum Gasteiger partial charge on any atom is 0.248 e. The summed E-state index contributed by atoms with van der Waals surface area (Å²) in [6.07, 6.45) is 0.379. The van der Waals surface area contributed by atoms with Crippen molar-refractivity contribution in [1.29, 1.82) is 0 Å². The highest BCUT2D eigenvalue weighted by atomic mass is 19.3. The number of piperazine rings is 1. The molecule has 1 amide bonds. The van der Waals surface area contributed by atoms with Gasteiger partial charge in [-0.2, -0.15) is 0 Å². The molecule has 0 spiro atoms. The Labute approximate surface area is 107 Å². The summed E-state index contributed by atoms with van der Waals surface area (Å²) in [5.41, 5.74) is -0.0769. The van der Waals surface area contributed by atoms with Gasteiger partial charge in [0.15, 0.2) is 0 Å². The summed E-state index contributed by atoms with van der Waals surface area (Å²) in [6, 6.07) is 0. The summed E-state index contributed by atoms with van der Waals surface area (Å²) in [4.78, 5) is 14.1. The fourth-order valence-electron chi connectivity index (χ4n) is 2.87. The normalized spacial score (nSPS) is 28.1. The van der Waals surface area contributed by atoms with Crippen molar-refractivity contribution in [3.05, 3.63) is 0 Å². The van der Waals surface area contributed by atoms with Crippen LogP contribution in [0.2, 0.25) is 0 Å². The van der Waals surface area contributed by atoms with E-state index in [1.165, 1.54) is 0 Å². The van der Waals surface area contributed by atoms with Gasteiger partial charge in [-0.3, -0.25) is 4.79 Å². The number of rotatable bonds is 1. The average Bonchev–Trinajstić information content (AvgIpc) is 2.27. The van der Waals surface area contributed by atoms with E-state index in [4.69, 9.17) is 0 Å². The zero-order valence-electron chi connectivity index (χ0n) is 11.1. The highest BCUT2D eigenvalue weighted by Crippen LogP contribution is 2.37. The third-order valence-electron chi connectivity index (χ3n) is 3.95. The molecule has 1 N–H and O–H groups in total. The number of carbonyl (C=O) groups excluding carboxylic acids is 1. The van der Waals surface area contributed by atoms with Crippen molar-refractivity contribution in [3.63, 3.8) is 0 Å². The highest BCUT2D eigenvalue weighted by molar-refractivity contribution is 5.79. The van der Waals surface area contributed by atoms with Crippen LogP contribution in [0.1, 0.15) is 39.5 Å². The molecular weight excluding hydrogens is 238 g/mol. The summed E-state index contributed by atoms with van der Waals surface area (Å²) in [5.74, 6) is -2.68. The molecule has 0 atom stereocenters. The predicted octanol–water partition coefficient (Wildman–Crippen LogP) is 2.02. The number of alkyl halides is 2. The van der Waals surface area contributed by atoms with E-state index in [0.717, 1.165) is 6.54 Å². The van der Waals surface area contributed by atoms with Gasteiger partial charge in [0.05, 0.1) is 0 Å². The Morgan fingerprint density at radius 1 is 1.28 bits per heavy atom. The number of carbonyl (C=O) groups is 1. The zero-order chi connectivity index (χ0) is 13.4. The van der Waals surface area contributed by atoms with Crippen LogP contribution in [0.5, 0.6) is 0 Å². The Balaban J connectivity index is 1.92. The molecule has 1 saturated carbocycles. The van der Waals surface area contributed by atoms with E-state index in [0.29, 0.717) is 25.9 Å². The predicted molar refractivity (Wildman–Crippen MR) is 65.6 cm³/mol. The van der Waals surface area contributed by atoms with Crippen molar-refractivity contribution in [1.82, 2.24) is 10.2 Å². The summed E-state index contributed by atoms with van der Waals surface area (Å²) in [6.45, 7) is 6.25. The summed E-state index contributed by atoms with van der Waals surface area (Å²) in [7, 11) is 0. The van der Waals surface area contributed by atoms with Crippen molar-refractivity contribution in [2.75, 3.05) is 19.6 Å². The first kappa shape index (κ1) is 13.7. The van der Waals surface area contributed by atoms with Crippen LogP contribution >= 0.6 is 0 Å². The second-order valence-electron chi connectivity index (χ2n) is 6.20. The average molecular weight is 260 g/mol. The lowest BCUT2D eigenvalue weighted by atomic mass is 9.85. The maximum absolute atomic E-state index is 13.1. The largest absolute Gasteiger partial charge is 0.339 e. The Hall–Kier alpha value is -0.710. The van der Waals surface area contributed by atoms with E-state index in [9.17, 15) is 13.6 Å². The van der Waals surface area contributed by atoms with Gasteiger partial charge in [-0.1, -0.05) is 0 Å². The lowest BCUT2D eigenvalue weighted by molar-refractivity contribution is -0.141. The van der Waals surface area contributed by atoms with Gasteiger partial charge in [-0.25, -0.2) is 8.78 Å². The second kappa shape index (κ2) is 4.76. The van der Waals surface area contributed by atoms with E-state index in [2.05, 4.69) is 19.2 Å². The highest BCUT2D eigenvalue weighted by Gasteiger charge is 2.39. The fraction of sp³-hybridized carbons (Fsp3) is 0.923. The Morgan fingerprint density at radius 2 is 1.89 bits per heavy atom. The molecule has 0 bridgehead atoms. The number of halogens is 2. The molecule has 1 aliphatic heterocycles. The van der Waals surface area contributed by atoms with E-state index >= 15 is 0 Å². The minimum Gasteiger partial charge on any atom is -0.339 e. The molecule has 1 aliphatic carbocycles. The van der Waals surface area contributed by atoms with Gasteiger partial charge in [-0.15, -0.1) is 0 Å². The molecule has 2 fully saturated rings. The van der Waals surface area contributed by atoms with Crippen molar-refractivity contribution < 1.29 is 13.6 Å². The molecule has 0 radical (unpaired) electrons. The van der Waals surface area contributed by atoms with Gasteiger partial charge < -0.3 is 10.2 Å². The van der Waals surface area contributed by atoms with Gasteiger partial charge in [0.2, 0.25) is 11.8 Å². The molecule has 18 heavy (non-hydrogen) atoms. The quantitative estimate of drug-likeness (QED) is 0.782. The van der Waals surface area contributed by atoms with E-state index in [1.54, 1.807) is 0 Å². The van der Waals surface area contributed by atoms with E-state index < -0.39 is 5.92 Å². The van der Waals surface area contributed by atoms with Gasteiger partial charge in [0.1, 0.15) is 0 Å². The van der Waals surface area contributed by atoms with Crippen LogP contribution in [0.25, 0.3) is 0 Å². The van der Waals surface area contributed by atoms with Gasteiger partial charge >= 0.3 is 0 Å². The molecule has 0 aromatic carbocycles. The SMILES string of the molecule is CC1(C)CN(C(=O)C2CCC(F)(F)CC2)CCN1. The standard InChI is InChI=1S/C13H22F2N2O/c1-12(2)9-17(8-7-16-12)11(18)10-3-5-13(14,15)6-4-10/h10,16H,3-9H2,1-2H3. The van der Waals surface area contributed by atoms with Crippen molar-refractivity contribution in [2.24, 2.45) is 5.92 Å².